The molecule has 0 aliphatic rings. The molecule has 1 aromatic heterocycles. The summed E-state index contributed by atoms with van der Waals surface area (Å²) in [5.41, 5.74) is 1.14. The Bertz CT molecular complexity index is 617. The lowest BCUT2D eigenvalue weighted by Crippen LogP contribution is -2.20. The predicted octanol–water partition coefficient (Wildman–Crippen LogP) is 3.02. The highest BCUT2D eigenvalue weighted by Crippen LogP contribution is 2.12. The SMILES string of the molecule is COc1cccn(CCCCOc2ccc(C)cc2)c1=O. The van der Waals surface area contributed by atoms with Gasteiger partial charge in [-0.25, -0.2) is 0 Å². The fraction of sp³-hybridized carbons (Fsp3) is 0.353. The molecule has 0 spiro atoms. The third-order valence-corrected chi connectivity index (χ3v) is 3.29. The zero-order valence-electron chi connectivity index (χ0n) is 12.5. The maximum atomic E-state index is 11.9. The Labute approximate surface area is 124 Å². The molecule has 1 aromatic carbocycles. The third kappa shape index (κ3) is 4.38. The van der Waals surface area contributed by atoms with Crippen LogP contribution in [0.4, 0.5) is 0 Å². The molecule has 0 fully saturated rings. The van der Waals surface area contributed by atoms with Crippen molar-refractivity contribution in [2.75, 3.05) is 13.7 Å². The van der Waals surface area contributed by atoms with E-state index in [0.29, 0.717) is 18.9 Å². The second kappa shape index (κ2) is 7.53. The number of unbranched alkanes of at least 4 members (excludes halogenated alkanes) is 1. The minimum absolute atomic E-state index is 0.0838. The smallest absolute Gasteiger partial charge is 0.292 e. The molecule has 0 aliphatic heterocycles. The van der Waals surface area contributed by atoms with Crippen molar-refractivity contribution >= 4 is 0 Å². The highest BCUT2D eigenvalue weighted by molar-refractivity contribution is 5.26. The minimum Gasteiger partial charge on any atom is -0.494 e. The first-order chi connectivity index (χ1) is 10.2. The number of ether oxygens (including phenoxy) is 2. The number of nitrogens with zero attached hydrogens (tertiary/aromatic N) is 1. The first-order valence-electron chi connectivity index (χ1n) is 7.13. The molecule has 1 heterocycles. The van der Waals surface area contributed by atoms with E-state index in [1.165, 1.54) is 12.7 Å². The molecule has 2 rings (SSSR count). The van der Waals surface area contributed by atoms with Crippen molar-refractivity contribution in [1.82, 2.24) is 4.57 Å². The molecule has 0 bridgehead atoms. The van der Waals surface area contributed by atoms with Crippen LogP contribution in [0.2, 0.25) is 0 Å². The Morgan fingerprint density at radius 3 is 2.57 bits per heavy atom. The van der Waals surface area contributed by atoms with Gasteiger partial charge in [-0.1, -0.05) is 17.7 Å². The van der Waals surface area contributed by atoms with E-state index in [4.69, 9.17) is 9.47 Å². The summed E-state index contributed by atoms with van der Waals surface area (Å²) in [5, 5.41) is 0. The van der Waals surface area contributed by atoms with E-state index in [2.05, 4.69) is 6.92 Å². The Balaban J connectivity index is 1.75. The van der Waals surface area contributed by atoms with Crippen LogP contribution in [-0.4, -0.2) is 18.3 Å². The van der Waals surface area contributed by atoms with Crippen LogP contribution in [0.5, 0.6) is 11.5 Å². The molecule has 112 valence electrons. The number of pyridine rings is 1. The number of benzene rings is 1. The number of rotatable bonds is 7. The van der Waals surface area contributed by atoms with Crippen molar-refractivity contribution in [1.29, 1.82) is 0 Å². The average Bonchev–Trinajstić information content (AvgIpc) is 2.50. The molecule has 0 atom stereocenters. The standard InChI is InChI=1S/C17H21NO3/c1-14-7-9-15(10-8-14)21-13-4-3-11-18-12-5-6-16(20-2)17(18)19/h5-10,12H,3-4,11,13H2,1-2H3. The monoisotopic (exact) mass is 287 g/mol. The molecule has 0 aliphatic carbocycles. The van der Waals surface area contributed by atoms with Crippen LogP contribution >= 0.6 is 0 Å². The van der Waals surface area contributed by atoms with Crippen molar-refractivity contribution < 1.29 is 9.47 Å². The number of methoxy groups -OCH3 is 1. The summed E-state index contributed by atoms with van der Waals surface area (Å²) in [4.78, 5) is 11.9. The fourth-order valence-corrected chi connectivity index (χ4v) is 2.06. The van der Waals surface area contributed by atoms with Crippen LogP contribution in [0.15, 0.2) is 47.4 Å². The predicted molar refractivity (Wildman–Crippen MR) is 83.2 cm³/mol. The van der Waals surface area contributed by atoms with Crippen molar-refractivity contribution in [3.05, 3.63) is 58.5 Å². The second-order valence-electron chi connectivity index (χ2n) is 4.94. The summed E-state index contributed by atoms with van der Waals surface area (Å²) in [7, 11) is 1.51. The van der Waals surface area contributed by atoms with Gasteiger partial charge in [0.15, 0.2) is 5.75 Å². The lowest BCUT2D eigenvalue weighted by atomic mass is 10.2. The maximum Gasteiger partial charge on any atom is 0.292 e. The summed E-state index contributed by atoms with van der Waals surface area (Å²) < 4.78 is 12.4. The van der Waals surface area contributed by atoms with Crippen molar-refractivity contribution in [2.45, 2.75) is 26.3 Å². The molecule has 0 unspecified atom stereocenters. The van der Waals surface area contributed by atoms with E-state index in [0.717, 1.165) is 18.6 Å². The van der Waals surface area contributed by atoms with Crippen LogP contribution in [0.25, 0.3) is 0 Å². The fourth-order valence-electron chi connectivity index (χ4n) is 2.06. The van der Waals surface area contributed by atoms with Gasteiger partial charge in [0.25, 0.3) is 5.56 Å². The molecule has 4 nitrogen and oxygen atoms in total. The summed E-state index contributed by atoms with van der Waals surface area (Å²) >= 11 is 0. The highest BCUT2D eigenvalue weighted by atomic mass is 16.5. The molecule has 4 heteroatoms. The molecule has 0 saturated heterocycles. The van der Waals surface area contributed by atoms with Gasteiger partial charge in [0.2, 0.25) is 0 Å². The molecule has 0 radical (unpaired) electrons. The van der Waals surface area contributed by atoms with Gasteiger partial charge >= 0.3 is 0 Å². The molecule has 2 aromatic rings. The third-order valence-electron chi connectivity index (χ3n) is 3.29. The van der Waals surface area contributed by atoms with Gasteiger partial charge in [0.05, 0.1) is 13.7 Å². The van der Waals surface area contributed by atoms with Gasteiger partial charge in [-0.2, -0.15) is 0 Å². The Morgan fingerprint density at radius 1 is 1.10 bits per heavy atom. The van der Waals surface area contributed by atoms with Crippen molar-refractivity contribution in [3.63, 3.8) is 0 Å². The zero-order chi connectivity index (χ0) is 15.1. The van der Waals surface area contributed by atoms with E-state index >= 15 is 0 Å². The first-order valence-corrected chi connectivity index (χ1v) is 7.13. The van der Waals surface area contributed by atoms with Gasteiger partial charge in [-0.15, -0.1) is 0 Å². The quantitative estimate of drug-likeness (QED) is 0.735. The highest BCUT2D eigenvalue weighted by Gasteiger charge is 2.02. The largest absolute Gasteiger partial charge is 0.494 e. The number of aryl methyl sites for hydroxylation is 2. The second-order valence-corrected chi connectivity index (χ2v) is 4.94. The van der Waals surface area contributed by atoms with Crippen molar-refractivity contribution in [3.8, 4) is 11.5 Å². The molecule has 0 saturated carbocycles. The number of hydrogen-bond acceptors (Lipinski definition) is 3. The van der Waals surface area contributed by atoms with Gasteiger partial charge in [-0.3, -0.25) is 4.79 Å². The summed E-state index contributed by atoms with van der Waals surface area (Å²) in [5.74, 6) is 1.27. The van der Waals surface area contributed by atoms with Gasteiger partial charge < -0.3 is 14.0 Å². The van der Waals surface area contributed by atoms with E-state index in [1.807, 2.05) is 30.3 Å². The van der Waals surface area contributed by atoms with Crippen LogP contribution in [-0.2, 0) is 6.54 Å². The van der Waals surface area contributed by atoms with Crippen LogP contribution < -0.4 is 15.0 Å². The first kappa shape index (κ1) is 15.2. The summed E-state index contributed by atoms with van der Waals surface area (Å²) in [6.07, 6.45) is 3.57. The van der Waals surface area contributed by atoms with E-state index in [-0.39, 0.29) is 5.56 Å². The summed E-state index contributed by atoms with van der Waals surface area (Å²) in [6.45, 7) is 3.38. The Kier molecular flexibility index (Phi) is 5.43. The summed E-state index contributed by atoms with van der Waals surface area (Å²) in [6, 6.07) is 11.5. The van der Waals surface area contributed by atoms with E-state index < -0.39 is 0 Å². The molecular formula is C17H21NO3. The van der Waals surface area contributed by atoms with Gasteiger partial charge in [0.1, 0.15) is 5.75 Å². The average molecular weight is 287 g/mol. The number of hydrogen-bond donors (Lipinski definition) is 0. The van der Waals surface area contributed by atoms with E-state index in [9.17, 15) is 4.79 Å². The topological polar surface area (TPSA) is 40.5 Å². The van der Waals surface area contributed by atoms with Crippen LogP contribution in [0.3, 0.4) is 0 Å². The van der Waals surface area contributed by atoms with Gasteiger partial charge in [-0.05, 0) is 44.0 Å². The molecule has 21 heavy (non-hydrogen) atoms. The van der Waals surface area contributed by atoms with Crippen molar-refractivity contribution in [2.24, 2.45) is 0 Å². The maximum absolute atomic E-state index is 11.9. The van der Waals surface area contributed by atoms with Gasteiger partial charge in [0, 0.05) is 12.7 Å². The molecule has 0 N–H and O–H groups in total. The van der Waals surface area contributed by atoms with Crippen LogP contribution in [0, 0.1) is 6.92 Å². The zero-order valence-corrected chi connectivity index (χ0v) is 12.5. The lowest BCUT2D eigenvalue weighted by molar-refractivity contribution is 0.302. The minimum atomic E-state index is -0.0838. The Morgan fingerprint density at radius 2 is 1.86 bits per heavy atom. The number of aromatic nitrogens is 1. The molecule has 0 amide bonds. The molecular weight excluding hydrogens is 266 g/mol. The Hall–Kier alpha value is -2.23. The normalized spacial score (nSPS) is 10.4. The van der Waals surface area contributed by atoms with Crippen LogP contribution in [0.1, 0.15) is 18.4 Å². The van der Waals surface area contributed by atoms with E-state index in [1.54, 1.807) is 16.8 Å². The lowest BCUT2D eigenvalue weighted by Gasteiger charge is -2.08.